The molecule has 28 heavy (non-hydrogen) atoms. The molecule has 2 saturated carbocycles. The second kappa shape index (κ2) is 5.47. The highest BCUT2D eigenvalue weighted by atomic mass is 16.6. The SMILES string of the molecule is O=C1O[C@]2(CCN(C(=O)C3(c4ccc(C5CC5)cc4)CC3)C2)c2ccccc21. The second-order valence-electron chi connectivity index (χ2n) is 8.88. The largest absolute Gasteiger partial charge is 0.449 e. The van der Waals surface area contributed by atoms with Crippen LogP contribution >= 0.6 is 0 Å². The lowest BCUT2D eigenvalue weighted by atomic mass is 9.91. The molecule has 1 spiro atoms. The van der Waals surface area contributed by atoms with Gasteiger partial charge in [-0.25, -0.2) is 4.79 Å². The van der Waals surface area contributed by atoms with E-state index in [4.69, 9.17) is 4.74 Å². The van der Waals surface area contributed by atoms with Crippen LogP contribution in [0.1, 0.15) is 65.1 Å². The van der Waals surface area contributed by atoms with Gasteiger partial charge >= 0.3 is 5.97 Å². The van der Waals surface area contributed by atoms with Crippen LogP contribution < -0.4 is 0 Å². The third-order valence-electron chi connectivity index (χ3n) is 7.12. The van der Waals surface area contributed by atoms with Gasteiger partial charge in [0.25, 0.3) is 0 Å². The van der Waals surface area contributed by atoms with Gasteiger partial charge in [0.1, 0.15) is 0 Å². The Morgan fingerprint density at radius 2 is 1.75 bits per heavy atom. The van der Waals surface area contributed by atoms with Gasteiger partial charge in [-0.05, 0) is 48.8 Å². The number of amides is 1. The minimum Gasteiger partial charge on any atom is -0.449 e. The average Bonchev–Trinajstić information content (AvgIpc) is 3.65. The molecule has 4 nitrogen and oxygen atoms in total. The first kappa shape index (κ1) is 16.3. The second-order valence-corrected chi connectivity index (χ2v) is 8.88. The minimum absolute atomic E-state index is 0.198. The number of hydrogen-bond donors (Lipinski definition) is 0. The molecule has 2 aromatic carbocycles. The number of carbonyl (C=O) groups excluding carboxylic acids is 2. The quantitative estimate of drug-likeness (QED) is 0.767. The van der Waals surface area contributed by atoms with Crippen molar-refractivity contribution in [2.45, 2.75) is 49.0 Å². The fourth-order valence-electron chi connectivity index (χ4n) is 5.15. The lowest BCUT2D eigenvalue weighted by Crippen LogP contribution is -2.40. The van der Waals surface area contributed by atoms with Crippen molar-refractivity contribution < 1.29 is 14.3 Å². The van der Waals surface area contributed by atoms with Gasteiger partial charge in [0.15, 0.2) is 5.60 Å². The molecule has 3 fully saturated rings. The zero-order valence-electron chi connectivity index (χ0n) is 15.8. The summed E-state index contributed by atoms with van der Waals surface area (Å²) in [4.78, 5) is 27.7. The minimum atomic E-state index is -0.657. The summed E-state index contributed by atoms with van der Waals surface area (Å²) in [6.45, 7) is 1.11. The highest BCUT2D eigenvalue weighted by molar-refractivity contribution is 5.96. The standard InChI is InChI=1S/C24H23NO3/c26-21-19-3-1-2-4-20(19)24(28-21)13-14-25(15-24)22(27)23(11-12-23)18-9-7-17(8-10-18)16-5-6-16/h1-4,7-10,16H,5-6,11-15H2/t24-/m0/s1. The molecule has 1 amide bonds. The van der Waals surface area contributed by atoms with E-state index in [1.54, 1.807) is 0 Å². The number of rotatable bonds is 3. The molecular formula is C24H23NO3. The van der Waals surface area contributed by atoms with E-state index in [2.05, 4.69) is 24.3 Å². The van der Waals surface area contributed by atoms with Crippen molar-refractivity contribution in [3.63, 3.8) is 0 Å². The molecule has 0 aromatic heterocycles. The molecule has 0 unspecified atom stereocenters. The summed E-state index contributed by atoms with van der Waals surface area (Å²) in [6, 6.07) is 16.3. The number of ether oxygens (including phenoxy) is 1. The Hall–Kier alpha value is -2.62. The van der Waals surface area contributed by atoms with Crippen LogP contribution in [0.3, 0.4) is 0 Å². The predicted octanol–water partition coefficient (Wildman–Crippen LogP) is 3.89. The van der Waals surface area contributed by atoms with E-state index in [0.717, 1.165) is 29.9 Å². The van der Waals surface area contributed by atoms with E-state index < -0.39 is 5.60 Å². The van der Waals surface area contributed by atoms with Crippen LogP contribution in [0.5, 0.6) is 0 Å². The van der Waals surface area contributed by atoms with Crippen LogP contribution in [0, 0.1) is 0 Å². The molecule has 4 aliphatic rings. The first-order valence-electron chi connectivity index (χ1n) is 10.3. The number of likely N-dealkylation sites (tertiary alicyclic amines) is 1. The van der Waals surface area contributed by atoms with Crippen LogP contribution in [-0.4, -0.2) is 29.9 Å². The van der Waals surface area contributed by atoms with Crippen LogP contribution in [-0.2, 0) is 20.5 Å². The molecule has 0 radical (unpaired) electrons. The van der Waals surface area contributed by atoms with Gasteiger partial charge in [-0.2, -0.15) is 0 Å². The highest BCUT2D eigenvalue weighted by Gasteiger charge is 2.57. The van der Waals surface area contributed by atoms with E-state index in [1.165, 1.54) is 18.4 Å². The Balaban J connectivity index is 1.26. The number of carbonyl (C=O) groups is 2. The smallest absolute Gasteiger partial charge is 0.339 e. The normalized spacial score (nSPS) is 27.0. The number of hydrogen-bond acceptors (Lipinski definition) is 3. The maximum absolute atomic E-state index is 13.5. The van der Waals surface area contributed by atoms with Crippen molar-refractivity contribution in [2.24, 2.45) is 0 Å². The van der Waals surface area contributed by atoms with E-state index >= 15 is 0 Å². The Kier molecular flexibility index (Phi) is 3.19. The van der Waals surface area contributed by atoms with Gasteiger partial charge in [-0.15, -0.1) is 0 Å². The van der Waals surface area contributed by atoms with Gasteiger partial charge in [-0.3, -0.25) is 4.79 Å². The zero-order valence-corrected chi connectivity index (χ0v) is 15.8. The van der Waals surface area contributed by atoms with Gasteiger partial charge in [0.05, 0.1) is 17.5 Å². The van der Waals surface area contributed by atoms with Crippen molar-refractivity contribution >= 4 is 11.9 Å². The topological polar surface area (TPSA) is 46.6 Å². The molecule has 2 aliphatic heterocycles. The molecular weight excluding hydrogens is 350 g/mol. The Bertz CT molecular complexity index is 987. The molecule has 0 bridgehead atoms. The van der Waals surface area contributed by atoms with E-state index in [1.807, 2.05) is 29.2 Å². The summed E-state index contributed by atoms with van der Waals surface area (Å²) in [5, 5.41) is 0. The summed E-state index contributed by atoms with van der Waals surface area (Å²) in [6.07, 6.45) is 5.08. The van der Waals surface area contributed by atoms with Crippen molar-refractivity contribution in [2.75, 3.05) is 13.1 Å². The van der Waals surface area contributed by atoms with Gasteiger partial charge in [0.2, 0.25) is 5.91 Å². The summed E-state index contributed by atoms with van der Waals surface area (Å²) < 4.78 is 5.82. The molecule has 6 rings (SSSR count). The van der Waals surface area contributed by atoms with Crippen molar-refractivity contribution in [1.82, 2.24) is 4.90 Å². The lowest BCUT2D eigenvalue weighted by molar-refractivity contribution is -0.134. The van der Waals surface area contributed by atoms with Crippen molar-refractivity contribution in [3.05, 3.63) is 70.8 Å². The molecule has 1 saturated heterocycles. The van der Waals surface area contributed by atoms with Crippen LogP contribution in [0.2, 0.25) is 0 Å². The summed E-state index contributed by atoms with van der Waals surface area (Å²) >= 11 is 0. The Morgan fingerprint density at radius 3 is 2.46 bits per heavy atom. The summed E-state index contributed by atoms with van der Waals surface area (Å²) in [5.74, 6) is 0.668. The molecule has 1 atom stereocenters. The molecule has 0 N–H and O–H groups in total. The Morgan fingerprint density at radius 1 is 1.00 bits per heavy atom. The average molecular weight is 373 g/mol. The van der Waals surface area contributed by atoms with E-state index in [9.17, 15) is 9.59 Å². The molecule has 2 heterocycles. The number of nitrogens with zero attached hydrogens (tertiary/aromatic N) is 1. The first-order chi connectivity index (χ1) is 13.6. The van der Waals surface area contributed by atoms with E-state index in [-0.39, 0.29) is 17.3 Å². The third-order valence-corrected chi connectivity index (χ3v) is 7.12. The van der Waals surface area contributed by atoms with Gasteiger partial charge in [-0.1, -0.05) is 42.5 Å². The lowest BCUT2D eigenvalue weighted by Gasteiger charge is -2.27. The van der Waals surface area contributed by atoms with Crippen LogP contribution in [0.25, 0.3) is 0 Å². The maximum atomic E-state index is 13.5. The fraction of sp³-hybridized carbons (Fsp3) is 0.417. The summed E-state index contributed by atoms with van der Waals surface area (Å²) in [7, 11) is 0. The van der Waals surface area contributed by atoms with Crippen molar-refractivity contribution in [1.29, 1.82) is 0 Å². The maximum Gasteiger partial charge on any atom is 0.339 e. The first-order valence-corrected chi connectivity index (χ1v) is 10.3. The molecule has 142 valence electrons. The molecule has 2 aliphatic carbocycles. The van der Waals surface area contributed by atoms with E-state index in [0.29, 0.717) is 25.1 Å². The number of esters is 1. The third kappa shape index (κ3) is 2.24. The number of fused-ring (bicyclic) bond motifs is 2. The van der Waals surface area contributed by atoms with Gasteiger partial charge in [0, 0.05) is 18.5 Å². The van der Waals surface area contributed by atoms with Crippen LogP contribution in [0.15, 0.2) is 48.5 Å². The highest BCUT2D eigenvalue weighted by Crippen LogP contribution is 2.52. The monoisotopic (exact) mass is 373 g/mol. The molecule has 2 aromatic rings. The fourth-order valence-corrected chi connectivity index (χ4v) is 5.15. The van der Waals surface area contributed by atoms with Crippen molar-refractivity contribution in [3.8, 4) is 0 Å². The van der Waals surface area contributed by atoms with Crippen LogP contribution in [0.4, 0.5) is 0 Å². The molecule has 4 heteroatoms. The predicted molar refractivity (Wildman–Crippen MR) is 104 cm³/mol. The number of benzene rings is 2. The van der Waals surface area contributed by atoms with Gasteiger partial charge < -0.3 is 9.64 Å². The summed E-state index contributed by atoms with van der Waals surface area (Å²) in [5.41, 5.74) is 3.11. The zero-order chi connectivity index (χ0) is 18.9. The Labute approximate surface area is 164 Å².